The van der Waals surface area contributed by atoms with Gasteiger partial charge in [-0.3, -0.25) is 9.59 Å². The van der Waals surface area contributed by atoms with E-state index >= 15 is 0 Å². The maximum absolute atomic E-state index is 12.2. The van der Waals surface area contributed by atoms with Gasteiger partial charge in [0.1, 0.15) is 0 Å². The van der Waals surface area contributed by atoms with Crippen molar-refractivity contribution >= 4 is 11.9 Å². The molecule has 2 unspecified atom stereocenters. The average Bonchev–Trinajstić information content (AvgIpc) is 2.77. The third kappa shape index (κ3) is 3.71. The Morgan fingerprint density at radius 3 is 2.37 bits per heavy atom. The molecule has 0 bridgehead atoms. The number of carbonyl (C=O) groups excluding carboxylic acids is 1. The fraction of sp³-hybridized carbons (Fsp3) is 0.867. The quantitative estimate of drug-likeness (QED) is 0.772. The second-order valence-electron chi connectivity index (χ2n) is 6.30. The summed E-state index contributed by atoms with van der Waals surface area (Å²) in [5, 5.41) is 12.2. The van der Waals surface area contributed by atoms with Crippen molar-refractivity contribution in [1.29, 1.82) is 0 Å². The Hall–Kier alpha value is -1.06. The van der Waals surface area contributed by atoms with Crippen LogP contribution in [0.2, 0.25) is 0 Å². The van der Waals surface area contributed by atoms with E-state index in [4.69, 9.17) is 5.11 Å². The van der Waals surface area contributed by atoms with Crippen LogP contribution < -0.4 is 5.32 Å². The molecule has 0 aliphatic heterocycles. The summed E-state index contributed by atoms with van der Waals surface area (Å²) in [6.07, 6.45) is 7.89. The van der Waals surface area contributed by atoms with Gasteiger partial charge in [-0.1, -0.05) is 26.2 Å². The molecule has 0 aromatic heterocycles. The minimum atomic E-state index is -0.813. The van der Waals surface area contributed by atoms with Crippen molar-refractivity contribution in [1.82, 2.24) is 5.32 Å². The van der Waals surface area contributed by atoms with E-state index in [1.165, 1.54) is 12.8 Å². The number of aliphatic carboxylic acids is 1. The first-order valence-electron chi connectivity index (χ1n) is 7.61. The molecule has 2 fully saturated rings. The smallest absolute Gasteiger partial charge is 0.307 e. The normalized spacial score (nSPS) is 35.6. The molecule has 0 radical (unpaired) electrons. The molecule has 2 aliphatic carbocycles. The maximum atomic E-state index is 12.2. The van der Waals surface area contributed by atoms with Gasteiger partial charge in [0, 0.05) is 6.04 Å². The van der Waals surface area contributed by atoms with E-state index in [-0.39, 0.29) is 17.9 Å². The van der Waals surface area contributed by atoms with E-state index < -0.39 is 11.9 Å². The van der Waals surface area contributed by atoms with Crippen molar-refractivity contribution in [3.63, 3.8) is 0 Å². The molecular formula is C15H25NO3. The third-order valence-corrected chi connectivity index (χ3v) is 4.77. The Kier molecular flexibility index (Phi) is 4.83. The highest BCUT2D eigenvalue weighted by Gasteiger charge is 2.38. The van der Waals surface area contributed by atoms with Crippen LogP contribution in [0.1, 0.15) is 58.3 Å². The molecule has 2 rings (SSSR count). The van der Waals surface area contributed by atoms with Crippen molar-refractivity contribution in [3.8, 4) is 0 Å². The van der Waals surface area contributed by atoms with Gasteiger partial charge in [-0.2, -0.15) is 0 Å². The summed E-state index contributed by atoms with van der Waals surface area (Å²) in [5.41, 5.74) is 0. The predicted octanol–water partition coefficient (Wildman–Crippen LogP) is 2.57. The molecule has 0 saturated heterocycles. The molecule has 0 aromatic rings. The topological polar surface area (TPSA) is 66.4 Å². The summed E-state index contributed by atoms with van der Waals surface area (Å²) in [5.74, 6) is -0.861. The van der Waals surface area contributed by atoms with Crippen molar-refractivity contribution < 1.29 is 14.7 Å². The van der Waals surface area contributed by atoms with Crippen LogP contribution in [0, 0.1) is 17.8 Å². The molecule has 0 heterocycles. The summed E-state index contributed by atoms with van der Waals surface area (Å²) in [6, 6.07) is 0.257. The van der Waals surface area contributed by atoms with Crippen LogP contribution in [0.5, 0.6) is 0 Å². The Morgan fingerprint density at radius 1 is 0.947 bits per heavy atom. The van der Waals surface area contributed by atoms with Crippen LogP contribution in [0.4, 0.5) is 0 Å². The van der Waals surface area contributed by atoms with E-state index in [1.807, 2.05) is 0 Å². The molecule has 108 valence electrons. The van der Waals surface area contributed by atoms with Gasteiger partial charge in [-0.05, 0) is 38.0 Å². The monoisotopic (exact) mass is 267 g/mol. The zero-order chi connectivity index (χ0) is 13.8. The number of amides is 1. The minimum Gasteiger partial charge on any atom is -0.481 e. The van der Waals surface area contributed by atoms with Crippen LogP contribution in [-0.4, -0.2) is 23.0 Å². The van der Waals surface area contributed by atoms with Crippen LogP contribution in [0.3, 0.4) is 0 Å². The maximum Gasteiger partial charge on any atom is 0.307 e. The molecule has 4 atom stereocenters. The summed E-state index contributed by atoms with van der Waals surface area (Å²) >= 11 is 0. The summed E-state index contributed by atoms with van der Waals surface area (Å²) < 4.78 is 0. The van der Waals surface area contributed by atoms with Gasteiger partial charge in [0.05, 0.1) is 11.8 Å². The van der Waals surface area contributed by atoms with Gasteiger partial charge in [0.2, 0.25) is 5.91 Å². The Morgan fingerprint density at radius 2 is 1.63 bits per heavy atom. The van der Waals surface area contributed by atoms with Crippen LogP contribution in [0.25, 0.3) is 0 Å². The highest BCUT2D eigenvalue weighted by Crippen LogP contribution is 2.32. The molecule has 0 spiro atoms. The van der Waals surface area contributed by atoms with Gasteiger partial charge in [-0.15, -0.1) is 0 Å². The lowest BCUT2D eigenvalue weighted by atomic mass is 9.94. The Bertz CT molecular complexity index is 342. The van der Waals surface area contributed by atoms with E-state index in [0.29, 0.717) is 6.42 Å². The fourth-order valence-corrected chi connectivity index (χ4v) is 3.51. The largest absolute Gasteiger partial charge is 0.481 e. The van der Waals surface area contributed by atoms with Crippen LogP contribution >= 0.6 is 0 Å². The molecule has 1 amide bonds. The lowest BCUT2D eigenvalue weighted by molar-refractivity contribution is -0.146. The molecule has 19 heavy (non-hydrogen) atoms. The third-order valence-electron chi connectivity index (χ3n) is 4.77. The number of carbonyl (C=O) groups is 2. The first kappa shape index (κ1) is 14.4. The van der Waals surface area contributed by atoms with E-state index in [0.717, 1.165) is 38.0 Å². The second kappa shape index (κ2) is 6.40. The zero-order valence-electron chi connectivity index (χ0n) is 11.7. The van der Waals surface area contributed by atoms with Crippen LogP contribution in [0.15, 0.2) is 0 Å². The lowest BCUT2D eigenvalue weighted by Gasteiger charge is -2.21. The predicted molar refractivity (Wildman–Crippen MR) is 72.6 cm³/mol. The molecular weight excluding hydrogens is 242 g/mol. The van der Waals surface area contributed by atoms with Gasteiger partial charge < -0.3 is 10.4 Å². The standard InChI is InChI=1S/C15H25NO3/c1-10-4-2-5-11(9-8-10)16-14(17)12-6-3-7-13(12)15(18)19/h10-13H,2-9H2,1H3,(H,16,17)(H,18,19)/t10?,11?,12-,13+/m1/s1. The summed E-state index contributed by atoms with van der Waals surface area (Å²) in [7, 11) is 0. The molecule has 2 N–H and O–H groups in total. The van der Waals surface area contributed by atoms with Gasteiger partial charge in [0.15, 0.2) is 0 Å². The second-order valence-corrected chi connectivity index (χ2v) is 6.30. The van der Waals surface area contributed by atoms with Gasteiger partial charge in [-0.25, -0.2) is 0 Å². The van der Waals surface area contributed by atoms with E-state index in [1.54, 1.807) is 0 Å². The Labute approximate surface area is 115 Å². The van der Waals surface area contributed by atoms with Crippen molar-refractivity contribution in [2.24, 2.45) is 17.8 Å². The summed E-state index contributed by atoms with van der Waals surface area (Å²) in [6.45, 7) is 2.27. The summed E-state index contributed by atoms with van der Waals surface area (Å²) in [4.78, 5) is 23.4. The first-order valence-corrected chi connectivity index (χ1v) is 7.61. The number of hydrogen-bond acceptors (Lipinski definition) is 2. The number of hydrogen-bond donors (Lipinski definition) is 2. The van der Waals surface area contributed by atoms with E-state index in [9.17, 15) is 9.59 Å². The van der Waals surface area contributed by atoms with Crippen LogP contribution in [-0.2, 0) is 9.59 Å². The van der Waals surface area contributed by atoms with Crippen molar-refractivity contribution in [2.45, 2.75) is 64.3 Å². The molecule has 2 aliphatic rings. The molecule has 4 nitrogen and oxygen atoms in total. The number of nitrogens with one attached hydrogen (secondary N) is 1. The highest BCUT2D eigenvalue weighted by molar-refractivity contribution is 5.85. The minimum absolute atomic E-state index is 0.0237. The van der Waals surface area contributed by atoms with E-state index in [2.05, 4.69) is 12.2 Å². The SMILES string of the molecule is CC1CCCC(NC(=O)[C@@H]2CCC[C@@H]2C(=O)O)CC1. The molecule has 4 heteroatoms. The molecule has 0 aromatic carbocycles. The lowest BCUT2D eigenvalue weighted by Crippen LogP contribution is -2.41. The number of rotatable bonds is 3. The first-order chi connectivity index (χ1) is 9.08. The average molecular weight is 267 g/mol. The molecule has 2 saturated carbocycles. The van der Waals surface area contributed by atoms with Gasteiger partial charge in [0.25, 0.3) is 0 Å². The van der Waals surface area contributed by atoms with Gasteiger partial charge >= 0.3 is 5.97 Å². The van der Waals surface area contributed by atoms with Crippen molar-refractivity contribution in [3.05, 3.63) is 0 Å². The fourth-order valence-electron chi connectivity index (χ4n) is 3.51. The number of carboxylic acids is 1. The highest BCUT2D eigenvalue weighted by atomic mass is 16.4. The number of carboxylic acid groups (broad SMARTS) is 1. The Balaban J connectivity index is 1.88. The zero-order valence-corrected chi connectivity index (χ0v) is 11.7. The van der Waals surface area contributed by atoms with Crippen molar-refractivity contribution in [2.75, 3.05) is 0 Å².